The van der Waals surface area contributed by atoms with E-state index in [4.69, 9.17) is 0 Å². The molecule has 0 aliphatic rings. The van der Waals surface area contributed by atoms with E-state index in [9.17, 15) is 4.79 Å². The molecule has 0 aliphatic heterocycles. The Kier molecular flexibility index (Phi) is 3.53. The van der Waals surface area contributed by atoms with Crippen LogP contribution in [0.3, 0.4) is 0 Å². The van der Waals surface area contributed by atoms with Crippen LogP contribution in [0.5, 0.6) is 0 Å². The average Bonchev–Trinajstić information content (AvgIpc) is 2.70. The highest BCUT2D eigenvalue weighted by atomic mass is 16.1. The predicted molar refractivity (Wildman–Crippen MR) is 68.9 cm³/mol. The van der Waals surface area contributed by atoms with Crippen molar-refractivity contribution >= 4 is 6.29 Å². The summed E-state index contributed by atoms with van der Waals surface area (Å²) in [6.45, 7) is 2.59. The number of hydrogen-bond acceptors (Lipinski definition) is 4. The van der Waals surface area contributed by atoms with Crippen molar-refractivity contribution in [3.63, 3.8) is 0 Å². The molecule has 0 unspecified atom stereocenters. The molecule has 2 aromatic heterocycles. The molecule has 0 bridgehead atoms. The number of carbonyl (C=O) groups excluding carboxylic acids is 1. The third kappa shape index (κ3) is 2.46. The van der Waals surface area contributed by atoms with Crippen molar-refractivity contribution in [2.75, 3.05) is 14.1 Å². The third-order valence-corrected chi connectivity index (χ3v) is 2.63. The molecule has 94 valence electrons. The van der Waals surface area contributed by atoms with E-state index in [1.165, 1.54) is 0 Å². The standard InChI is InChI=1S/C13H16N4O/c1-10-12(9-18)8-17(15-10)13-11(7-16(2)3)5-4-6-14-13/h4-6,8-9H,7H2,1-3H3. The molecule has 0 aliphatic carbocycles. The van der Waals surface area contributed by atoms with Crippen LogP contribution in [0.1, 0.15) is 21.6 Å². The van der Waals surface area contributed by atoms with Crippen LogP contribution in [0.25, 0.3) is 5.82 Å². The Balaban J connectivity index is 2.45. The van der Waals surface area contributed by atoms with Gasteiger partial charge in [-0.2, -0.15) is 5.10 Å². The number of hydrogen-bond donors (Lipinski definition) is 0. The maximum atomic E-state index is 10.9. The number of aldehydes is 1. The molecule has 2 aromatic rings. The van der Waals surface area contributed by atoms with Crippen molar-refractivity contribution in [3.05, 3.63) is 41.3 Å². The second-order valence-electron chi connectivity index (χ2n) is 4.46. The maximum absolute atomic E-state index is 10.9. The lowest BCUT2D eigenvalue weighted by molar-refractivity contribution is 0.112. The molecular weight excluding hydrogens is 228 g/mol. The summed E-state index contributed by atoms with van der Waals surface area (Å²) >= 11 is 0. The van der Waals surface area contributed by atoms with Crippen molar-refractivity contribution in [2.45, 2.75) is 13.5 Å². The summed E-state index contributed by atoms with van der Waals surface area (Å²) in [5, 5.41) is 4.32. The molecule has 0 atom stereocenters. The lowest BCUT2D eigenvalue weighted by atomic mass is 10.2. The van der Waals surface area contributed by atoms with Crippen molar-refractivity contribution in [3.8, 4) is 5.82 Å². The molecular formula is C13H16N4O. The molecule has 5 heteroatoms. The number of aryl methyl sites for hydroxylation is 1. The predicted octanol–water partition coefficient (Wildman–Crippen LogP) is 1.45. The Morgan fingerprint density at radius 1 is 1.44 bits per heavy atom. The zero-order valence-corrected chi connectivity index (χ0v) is 10.8. The van der Waals surface area contributed by atoms with Crippen LogP contribution in [-0.4, -0.2) is 40.0 Å². The fourth-order valence-corrected chi connectivity index (χ4v) is 1.80. The van der Waals surface area contributed by atoms with Crippen molar-refractivity contribution in [2.24, 2.45) is 0 Å². The highest BCUT2D eigenvalue weighted by Crippen LogP contribution is 2.14. The van der Waals surface area contributed by atoms with Gasteiger partial charge < -0.3 is 4.90 Å². The maximum Gasteiger partial charge on any atom is 0.157 e. The second-order valence-corrected chi connectivity index (χ2v) is 4.46. The number of pyridine rings is 1. The lowest BCUT2D eigenvalue weighted by Gasteiger charge is -2.12. The Hall–Kier alpha value is -2.01. The summed E-state index contributed by atoms with van der Waals surface area (Å²) in [6.07, 6.45) is 4.25. The van der Waals surface area contributed by atoms with Gasteiger partial charge in [0.1, 0.15) is 0 Å². The molecule has 5 nitrogen and oxygen atoms in total. The molecule has 0 spiro atoms. The van der Waals surface area contributed by atoms with Crippen LogP contribution < -0.4 is 0 Å². The minimum absolute atomic E-state index is 0.594. The van der Waals surface area contributed by atoms with E-state index in [-0.39, 0.29) is 0 Å². The number of aromatic nitrogens is 3. The molecule has 0 fully saturated rings. The summed E-state index contributed by atoms with van der Waals surface area (Å²) in [4.78, 5) is 17.3. The Morgan fingerprint density at radius 2 is 2.22 bits per heavy atom. The van der Waals surface area contributed by atoms with Crippen LogP contribution in [0, 0.1) is 6.92 Å². The SMILES string of the molecule is Cc1nn(-c2ncccc2CN(C)C)cc1C=O. The third-order valence-electron chi connectivity index (χ3n) is 2.63. The summed E-state index contributed by atoms with van der Waals surface area (Å²) in [6, 6.07) is 3.92. The number of rotatable bonds is 4. The molecule has 18 heavy (non-hydrogen) atoms. The van der Waals surface area contributed by atoms with E-state index in [0.29, 0.717) is 11.3 Å². The van der Waals surface area contributed by atoms with Gasteiger partial charge in [-0.3, -0.25) is 4.79 Å². The summed E-state index contributed by atoms with van der Waals surface area (Å²) < 4.78 is 1.66. The van der Waals surface area contributed by atoms with Gasteiger partial charge in [0.05, 0.1) is 11.3 Å². The smallest absolute Gasteiger partial charge is 0.157 e. The average molecular weight is 244 g/mol. The summed E-state index contributed by atoms with van der Waals surface area (Å²) in [5.41, 5.74) is 2.38. The fraction of sp³-hybridized carbons (Fsp3) is 0.308. The summed E-state index contributed by atoms with van der Waals surface area (Å²) in [5.74, 6) is 0.766. The highest BCUT2D eigenvalue weighted by Gasteiger charge is 2.10. The molecule has 0 saturated heterocycles. The minimum atomic E-state index is 0.594. The molecule has 2 heterocycles. The van der Waals surface area contributed by atoms with Gasteiger partial charge in [0, 0.05) is 24.5 Å². The van der Waals surface area contributed by atoms with Gasteiger partial charge in [-0.05, 0) is 27.1 Å². The first-order valence-corrected chi connectivity index (χ1v) is 5.72. The van der Waals surface area contributed by atoms with Crippen LogP contribution in [0.2, 0.25) is 0 Å². The molecule has 0 aromatic carbocycles. The van der Waals surface area contributed by atoms with Crippen molar-refractivity contribution in [1.82, 2.24) is 19.7 Å². The van der Waals surface area contributed by atoms with Gasteiger partial charge >= 0.3 is 0 Å². The molecule has 2 rings (SSSR count). The zero-order valence-electron chi connectivity index (χ0n) is 10.8. The fourth-order valence-electron chi connectivity index (χ4n) is 1.80. The Morgan fingerprint density at radius 3 is 2.83 bits per heavy atom. The van der Waals surface area contributed by atoms with E-state index in [1.807, 2.05) is 33.2 Å². The Labute approximate surface area is 106 Å². The van der Waals surface area contributed by atoms with Crippen LogP contribution in [0.15, 0.2) is 24.5 Å². The largest absolute Gasteiger partial charge is 0.305 e. The first kappa shape index (κ1) is 12.4. The van der Waals surface area contributed by atoms with Gasteiger partial charge in [0.2, 0.25) is 0 Å². The van der Waals surface area contributed by atoms with E-state index in [0.717, 1.165) is 24.2 Å². The lowest BCUT2D eigenvalue weighted by Crippen LogP contribution is -2.14. The monoisotopic (exact) mass is 244 g/mol. The molecule has 0 radical (unpaired) electrons. The quantitative estimate of drug-likeness (QED) is 0.764. The highest BCUT2D eigenvalue weighted by molar-refractivity contribution is 5.76. The Bertz CT molecular complexity index is 560. The first-order chi connectivity index (χ1) is 8.61. The zero-order chi connectivity index (χ0) is 13.1. The molecule has 0 saturated carbocycles. The second kappa shape index (κ2) is 5.10. The van der Waals surface area contributed by atoms with E-state index in [1.54, 1.807) is 17.1 Å². The van der Waals surface area contributed by atoms with Gasteiger partial charge in [0.15, 0.2) is 12.1 Å². The van der Waals surface area contributed by atoms with E-state index < -0.39 is 0 Å². The van der Waals surface area contributed by atoms with E-state index in [2.05, 4.69) is 15.0 Å². The topological polar surface area (TPSA) is 51.0 Å². The van der Waals surface area contributed by atoms with Crippen molar-refractivity contribution < 1.29 is 4.79 Å². The van der Waals surface area contributed by atoms with Gasteiger partial charge in [0.25, 0.3) is 0 Å². The van der Waals surface area contributed by atoms with Gasteiger partial charge in [-0.1, -0.05) is 6.07 Å². The van der Waals surface area contributed by atoms with Crippen LogP contribution in [0.4, 0.5) is 0 Å². The van der Waals surface area contributed by atoms with Gasteiger partial charge in [-0.15, -0.1) is 0 Å². The normalized spacial score (nSPS) is 10.9. The minimum Gasteiger partial charge on any atom is -0.305 e. The van der Waals surface area contributed by atoms with Crippen LogP contribution in [-0.2, 0) is 6.54 Å². The van der Waals surface area contributed by atoms with Crippen LogP contribution >= 0.6 is 0 Å². The first-order valence-electron chi connectivity index (χ1n) is 5.72. The van der Waals surface area contributed by atoms with E-state index >= 15 is 0 Å². The van der Waals surface area contributed by atoms with Gasteiger partial charge in [-0.25, -0.2) is 9.67 Å². The summed E-state index contributed by atoms with van der Waals surface area (Å²) in [7, 11) is 4.00. The molecule has 0 N–H and O–H groups in total. The van der Waals surface area contributed by atoms with Crippen molar-refractivity contribution in [1.29, 1.82) is 0 Å². The number of nitrogens with zero attached hydrogens (tertiary/aromatic N) is 4. The molecule has 0 amide bonds. The number of carbonyl (C=O) groups is 1.